The van der Waals surface area contributed by atoms with Crippen LogP contribution in [0.25, 0.3) is 5.69 Å². The fraction of sp³-hybridized carbons (Fsp3) is 0.333. The standard InChI is InChI=1S/C21H20ClFN4O2S/c22-16-2-7-19-15(13-16)1-8-20-24-25-21(27(19)20)14-9-11-26(12-10-14)30(28,29)18-5-3-17(23)4-6-18/h2-7,13-14H,1,8-12H2. The van der Waals surface area contributed by atoms with Crippen molar-refractivity contribution in [3.63, 3.8) is 0 Å². The Hall–Kier alpha value is -2.29. The summed E-state index contributed by atoms with van der Waals surface area (Å²) in [6, 6.07) is 10.8. The first-order valence-corrected chi connectivity index (χ1v) is 11.7. The van der Waals surface area contributed by atoms with E-state index in [0.717, 1.165) is 30.2 Å². The van der Waals surface area contributed by atoms with E-state index < -0.39 is 15.8 Å². The number of fused-ring (bicyclic) bond motifs is 3. The Morgan fingerprint density at radius 2 is 1.73 bits per heavy atom. The van der Waals surface area contributed by atoms with E-state index in [1.54, 1.807) is 0 Å². The predicted molar refractivity (Wildman–Crippen MR) is 111 cm³/mol. The van der Waals surface area contributed by atoms with Gasteiger partial charge in [-0.05, 0) is 67.3 Å². The van der Waals surface area contributed by atoms with E-state index in [1.165, 1.54) is 34.1 Å². The van der Waals surface area contributed by atoms with Crippen LogP contribution in [0.15, 0.2) is 47.4 Å². The number of nitrogens with zero attached hydrogens (tertiary/aromatic N) is 4. The lowest BCUT2D eigenvalue weighted by molar-refractivity contribution is 0.311. The molecule has 1 saturated heterocycles. The molecule has 6 nitrogen and oxygen atoms in total. The average molecular weight is 447 g/mol. The molecule has 3 heterocycles. The van der Waals surface area contributed by atoms with Crippen LogP contribution in [0.5, 0.6) is 0 Å². The smallest absolute Gasteiger partial charge is 0.243 e. The van der Waals surface area contributed by atoms with Crippen LogP contribution < -0.4 is 0 Å². The summed E-state index contributed by atoms with van der Waals surface area (Å²) < 4.78 is 42.5. The second kappa shape index (κ2) is 7.44. The number of benzene rings is 2. The summed E-state index contributed by atoms with van der Waals surface area (Å²) in [4.78, 5) is 0.119. The van der Waals surface area contributed by atoms with E-state index in [1.807, 2.05) is 18.2 Å². The van der Waals surface area contributed by atoms with E-state index in [9.17, 15) is 12.8 Å². The van der Waals surface area contributed by atoms with Crippen LogP contribution in [0, 0.1) is 5.82 Å². The first-order valence-electron chi connectivity index (χ1n) is 9.92. The van der Waals surface area contributed by atoms with Gasteiger partial charge in [-0.25, -0.2) is 12.8 Å². The molecule has 30 heavy (non-hydrogen) atoms. The van der Waals surface area contributed by atoms with Gasteiger partial charge < -0.3 is 0 Å². The van der Waals surface area contributed by atoms with Gasteiger partial charge in [0, 0.05) is 30.5 Å². The highest BCUT2D eigenvalue weighted by Gasteiger charge is 2.33. The molecule has 0 atom stereocenters. The van der Waals surface area contributed by atoms with Crippen molar-refractivity contribution in [2.45, 2.75) is 36.5 Å². The van der Waals surface area contributed by atoms with Gasteiger partial charge in [-0.15, -0.1) is 10.2 Å². The quantitative estimate of drug-likeness (QED) is 0.614. The lowest BCUT2D eigenvalue weighted by Gasteiger charge is -2.31. The Bertz CT molecular complexity index is 1200. The fourth-order valence-electron chi connectivity index (χ4n) is 4.35. The maximum absolute atomic E-state index is 13.2. The zero-order valence-electron chi connectivity index (χ0n) is 16.1. The summed E-state index contributed by atoms with van der Waals surface area (Å²) in [6.45, 7) is 0.778. The second-order valence-electron chi connectivity index (χ2n) is 7.72. The van der Waals surface area contributed by atoms with Crippen LogP contribution in [-0.4, -0.2) is 40.6 Å². The first-order chi connectivity index (χ1) is 14.4. The molecule has 0 unspecified atom stereocenters. The molecule has 0 N–H and O–H groups in total. The van der Waals surface area contributed by atoms with Gasteiger partial charge >= 0.3 is 0 Å². The van der Waals surface area contributed by atoms with Crippen LogP contribution in [0.2, 0.25) is 5.02 Å². The highest BCUT2D eigenvalue weighted by atomic mass is 35.5. The number of hydrogen-bond donors (Lipinski definition) is 0. The SMILES string of the molecule is O=S(=O)(c1ccc(F)cc1)N1CCC(c2nnc3n2-c2ccc(Cl)cc2CC3)CC1. The van der Waals surface area contributed by atoms with Crippen molar-refractivity contribution in [2.75, 3.05) is 13.1 Å². The molecule has 1 fully saturated rings. The first kappa shape index (κ1) is 19.7. The molecule has 5 rings (SSSR count). The van der Waals surface area contributed by atoms with Crippen molar-refractivity contribution in [1.29, 1.82) is 0 Å². The van der Waals surface area contributed by atoms with Gasteiger partial charge in [0.15, 0.2) is 0 Å². The van der Waals surface area contributed by atoms with Crippen LogP contribution >= 0.6 is 11.6 Å². The summed E-state index contributed by atoms with van der Waals surface area (Å²) in [5, 5.41) is 9.57. The molecule has 2 aromatic carbocycles. The highest BCUT2D eigenvalue weighted by Crippen LogP contribution is 2.34. The van der Waals surface area contributed by atoms with E-state index in [-0.39, 0.29) is 10.8 Å². The molecular formula is C21H20ClFN4O2S. The lowest BCUT2D eigenvalue weighted by atomic mass is 9.96. The average Bonchev–Trinajstić information content (AvgIpc) is 3.18. The molecule has 0 spiro atoms. The molecule has 156 valence electrons. The molecule has 2 aliphatic heterocycles. The number of aryl methyl sites for hydroxylation is 2. The zero-order chi connectivity index (χ0) is 20.9. The summed E-state index contributed by atoms with van der Waals surface area (Å²) in [7, 11) is -3.63. The Balaban J connectivity index is 1.38. The molecule has 9 heteroatoms. The molecule has 0 radical (unpaired) electrons. The number of halogens is 2. The van der Waals surface area contributed by atoms with Gasteiger partial charge in [0.1, 0.15) is 17.5 Å². The van der Waals surface area contributed by atoms with Crippen molar-refractivity contribution in [2.24, 2.45) is 0 Å². The number of aromatic nitrogens is 3. The van der Waals surface area contributed by atoms with Gasteiger partial charge in [-0.3, -0.25) is 4.57 Å². The Morgan fingerprint density at radius 1 is 1.00 bits per heavy atom. The zero-order valence-corrected chi connectivity index (χ0v) is 17.7. The Morgan fingerprint density at radius 3 is 2.47 bits per heavy atom. The van der Waals surface area contributed by atoms with Crippen LogP contribution in [0.3, 0.4) is 0 Å². The summed E-state index contributed by atoms with van der Waals surface area (Å²) in [6.07, 6.45) is 2.99. The van der Waals surface area contributed by atoms with Gasteiger partial charge in [-0.2, -0.15) is 4.31 Å². The minimum Gasteiger partial charge on any atom is -0.282 e. The van der Waals surface area contributed by atoms with Crippen LogP contribution in [0.4, 0.5) is 4.39 Å². The van der Waals surface area contributed by atoms with Crippen molar-refractivity contribution in [1.82, 2.24) is 19.1 Å². The minimum atomic E-state index is -3.63. The normalized spacial score (nSPS) is 17.5. The van der Waals surface area contributed by atoms with E-state index >= 15 is 0 Å². The maximum atomic E-state index is 13.2. The van der Waals surface area contributed by atoms with E-state index in [2.05, 4.69) is 14.8 Å². The maximum Gasteiger partial charge on any atom is 0.243 e. The van der Waals surface area contributed by atoms with Gasteiger partial charge in [0.25, 0.3) is 0 Å². The number of hydrogen-bond acceptors (Lipinski definition) is 4. The van der Waals surface area contributed by atoms with Crippen LogP contribution in [0.1, 0.15) is 36.0 Å². The van der Waals surface area contributed by atoms with Crippen LogP contribution in [-0.2, 0) is 22.9 Å². The summed E-state index contributed by atoms with van der Waals surface area (Å²) in [5.74, 6) is 1.48. The third-order valence-corrected chi connectivity index (χ3v) is 8.07. The number of rotatable bonds is 3. The number of sulfonamides is 1. The Kier molecular flexibility index (Phi) is 4.88. The molecule has 0 aliphatic carbocycles. The topological polar surface area (TPSA) is 68.1 Å². The molecule has 3 aromatic rings. The van der Waals surface area contributed by atoms with Crippen molar-refractivity contribution < 1.29 is 12.8 Å². The Labute approximate surface area is 179 Å². The second-order valence-corrected chi connectivity index (χ2v) is 10.1. The minimum absolute atomic E-state index is 0.118. The van der Waals surface area contributed by atoms with Crippen molar-refractivity contribution >= 4 is 21.6 Å². The number of piperidine rings is 1. The van der Waals surface area contributed by atoms with Gasteiger partial charge in [0.2, 0.25) is 10.0 Å². The van der Waals surface area contributed by atoms with Crippen molar-refractivity contribution in [3.05, 3.63) is 70.5 Å². The third-order valence-electron chi connectivity index (χ3n) is 5.93. The fourth-order valence-corrected chi connectivity index (χ4v) is 6.01. The highest BCUT2D eigenvalue weighted by molar-refractivity contribution is 7.89. The van der Waals surface area contributed by atoms with E-state index in [0.29, 0.717) is 31.0 Å². The summed E-state index contributed by atoms with van der Waals surface area (Å²) in [5.41, 5.74) is 2.23. The molecule has 0 saturated carbocycles. The monoisotopic (exact) mass is 446 g/mol. The third kappa shape index (κ3) is 3.33. The molecular weight excluding hydrogens is 427 g/mol. The molecule has 0 bridgehead atoms. The van der Waals surface area contributed by atoms with Crippen molar-refractivity contribution in [3.8, 4) is 5.69 Å². The van der Waals surface area contributed by atoms with E-state index in [4.69, 9.17) is 11.6 Å². The molecule has 2 aliphatic rings. The predicted octanol–water partition coefficient (Wildman–Crippen LogP) is 3.73. The lowest BCUT2D eigenvalue weighted by Crippen LogP contribution is -2.38. The molecule has 1 aromatic heterocycles. The largest absolute Gasteiger partial charge is 0.282 e. The summed E-state index contributed by atoms with van der Waals surface area (Å²) >= 11 is 6.16. The van der Waals surface area contributed by atoms with Gasteiger partial charge in [0.05, 0.1) is 10.6 Å². The molecule has 0 amide bonds. The van der Waals surface area contributed by atoms with Gasteiger partial charge in [-0.1, -0.05) is 11.6 Å².